The summed E-state index contributed by atoms with van der Waals surface area (Å²) in [5, 5.41) is 13.6. The highest BCUT2D eigenvalue weighted by molar-refractivity contribution is 6.33. The highest BCUT2D eigenvalue weighted by Crippen LogP contribution is 2.37. The first-order chi connectivity index (χ1) is 14.0. The monoisotopic (exact) mass is 432 g/mol. The van der Waals surface area contributed by atoms with Gasteiger partial charge in [0, 0.05) is 18.1 Å². The summed E-state index contributed by atoms with van der Waals surface area (Å²) in [7, 11) is 0. The van der Waals surface area contributed by atoms with Crippen LogP contribution in [0.3, 0.4) is 0 Å². The molecule has 0 amide bonds. The number of hydrogen-bond donors (Lipinski definition) is 0. The first kappa shape index (κ1) is 19.9. The van der Waals surface area contributed by atoms with Crippen LogP contribution in [0.4, 0.5) is 5.69 Å². The Labute approximate surface area is 178 Å². The molecule has 1 atom stereocenters. The van der Waals surface area contributed by atoms with Gasteiger partial charge in [0.1, 0.15) is 11.3 Å². The molecule has 3 heterocycles. The first-order valence-corrected chi connectivity index (χ1v) is 10.4. The second-order valence-corrected chi connectivity index (χ2v) is 8.44. The summed E-state index contributed by atoms with van der Waals surface area (Å²) in [5.74, 6) is 1.38. The van der Waals surface area contributed by atoms with Crippen LogP contribution in [0, 0.1) is 5.92 Å². The fourth-order valence-electron chi connectivity index (χ4n) is 3.77. The lowest BCUT2D eigenvalue weighted by Crippen LogP contribution is -2.30. The minimum atomic E-state index is -0.360. The zero-order chi connectivity index (χ0) is 20.5. The molecule has 7 nitrogen and oxygen atoms in total. The molecule has 0 spiro atoms. The predicted octanol–water partition coefficient (Wildman–Crippen LogP) is 4.13. The van der Waals surface area contributed by atoms with Crippen LogP contribution in [0.25, 0.3) is 5.69 Å². The second-order valence-electron chi connectivity index (χ2n) is 7.62. The van der Waals surface area contributed by atoms with Crippen molar-refractivity contribution in [2.75, 3.05) is 11.4 Å². The Kier molecular flexibility index (Phi) is 5.61. The Morgan fingerprint density at radius 2 is 1.97 bits per heavy atom. The molecule has 0 N–H and O–H groups in total. The number of halogens is 2. The van der Waals surface area contributed by atoms with Crippen molar-refractivity contribution in [3.8, 4) is 5.69 Å². The molecule has 1 unspecified atom stereocenters. The lowest BCUT2D eigenvalue weighted by Gasteiger charge is -2.27. The summed E-state index contributed by atoms with van der Waals surface area (Å²) < 4.78 is 3.37. The molecule has 0 saturated carbocycles. The zero-order valence-corrected chi connectivity index (χ0v) is 17.8. The number of anilines is 1. The van der Waals surface area contributed by atoms with Crippen molar-refractivity contribution < 1.29 is 0 Å². The third-order valence-electron chi connectivity index (χ3n) is 5.04. The van der Waals surface area contributed by atoms with Crippen LogP contribution in [-0.4, -0.2) is 31.1 Å². The van der Waals surface area contributed by atoms with Gasteiger partial charge < -0.3 is 9.47 Å². The number of benzene rings is 1. The molecule has 1 aromatic carbocycles. The molecule has 1 aliphatic rings. The molecule has 1 fully saturated rings. The SMILES string of the molecule is CC(C)Cn1cnnc1C1CCCN1c1cnn(-c2ccc(Cl)cc2)c(=O)c1Cl. The summed E-state index contributed by atoms with van der Waals surface area (Å²) in [5.41, 5.74) is 0.881. The average Bonchev–Trinajstić information content (AvgIpc) is 3.33. The Morgan fingerprint density at radius 3 is 2.69 bits per heavy atom. The van der Waals surface area contributed by atoms with Crippen LogP contribution in [0.5, 0.6) is 0 Å². The van der Waals surface area contributed by atoms with E-state index in [-0.39, 0.29) is 16.6 Å². The Bertz CT molecular complexity index is 1060. The van der Waals surface area contributed by atoms with Crippen LogP contribution in [-0.2, 0) is 6.54 Å². The minimum absolute atomic E-state index is 0.0151. The van der Waals surface area contributed by atoms with Crippen LogP contribution in [0.15, 0.2) is 41.6 Å². The van der Waals surface area contributed by atoms with Crippen molar-refractivity contribution >= 4 is 28.9 Å². The summed E-state index contributed by atoms with van der Waals surface area (Å²) in [6.07, 6.45) is 5.33. The van der Waals surface area contributed by atoms with E-state index in [0.717, 1.165) is 31.8 Å². The van der Waals surface area contributed by atoms with E-state index in [1.54, 1.807) is 36.8 Å². The van der Waals surface area contributed by atoms with Crippen LogP contribution in [0.2, 0.25) is 10.0 Å². The largest absolute Gasteiger partial charge is 0.359 e. The Balaban J connectivity index is 1.69. The van der Waals surface area contributed by atoms with Crippen LogP contribution >= 0.6 is 23.2 Å². The smallest absolute Gasteiger partial charge is 0.292 e. The summed E-state index contributed by atoms with van der Waals surface area (Å²) in [4.78, 5) is 15.0. The third kappa shape index (κ3) is 3.89. The normalized spacial score (nSPS) is 16.7. The highest BCUT2D eigenvalue weighted by atomic mass is 35.5. The van der Waals surface area contributed by atoms with Crippen LogP contribution in [0.1, 0.15) is 38.6 Å². The van der Waals surface area contributed by atoms with Crippen molar-refractivity contribution in [1.29, 1.82) is 0 Å². The molecular formula is C20H22Cl2N6O. The molecule has 0 bridgehead atoms. The first-order valence-electron chi connectivity index (χ1n) is 9.64. The van der Waals surface area contributed by atoms with E-state index in [9.17, 15) is 4.79 Å². The van der Waals surface area contributed by atoms with Gasteiger partial charge in [-0.1, -0.05) is 37.0 Å². The van der Waals surface area contributed by atoms with Gasteiger partial charge >= 0.3 is 0 Å². The molecule has 9 heteroatoms. The second kappa shape index (κ2) is 8.16. The molecule has 0 radical (unpaired) electrons. The maximum atomic E-state index is 12.9. The molecular weight excluding hydrogens is 411 g/mol. The van der Waals surface area contributed by atoms with E-state index in [4.69, 9.17) is 23.2 Å². The molecule has 1 saturated heterocycles. The molecule has 152 valence electrons. The van der Waals surface area contributed by atoms with Gasteiger partial charge in [0.05, 0.1) is 23.6 Å². The summed E-state index contributed by atoms with van der Waals surface area (Å²) >= 11 is 12.5. The number of nitrogens with zero attached hydrogens (tertiary/aromatic N) is 6. The van der Waals surface area contributed by atoms with Crippen LogP contribution < -0.4 is 10.5 Å². The lowest BCUT2D eigenvalue weighted by atomic mass is 10.1. The van der Waals surface area contributed by atoms with E-state index in [0.29, 0.717) is 22.3 Å². The van der Waals surface area contributed by atoms with E-state index < -0.39 is 0 Å². The van der Waals surface area contributed by atoms with E-state index >= 15 is 0 Å². The zero-order valence-electron chi connectivity index (χ0n) is 16.3. The lowest BCUT2D eigenvalue weighted by molar-refractivity contribution is 0.488. The Morgan fingerprint density at radius 1 is 1.21 bits per heavy atom. The average molecular weight is 433 g/mol. The predicted molar refractivity (Wildman–Crippen MR) is 114 cm³/mol. The molecule has 2 aromatic heterocycles. The fourth-order valence-corrected chi connectivity index (χ4v) is 4.13. The van der Waals surface area contributed by atoms with Gasteiger partial charge in [-0.25, -0.2) is 0 Å². The molecule has 29 heavy (non-hydrogen) atoms. The van der Waals surface area contributed by atoms with Gasteiger partial charge in [0.15, 0.2) is 5.82 Å². The quantitative estimate of drug-likeness (QED) is 0.605. The molecule has 0 aliphatic carbocycles. The van der Waals surface area contributed by atoms with Gasteiger partial charge in [-0.15, -0.1) is 10.2 Å². The molecule has 4 rings (SSSR count). The third-order valence-corrected chi connectivity index (χ3v) is 5.65. The van der Waals surface area contributed by atoms with E-state index in [2.05, 4.69) is 38.6 Å². The van der Waals surface area contributed by atoms with Crippen molar-refractivity contribution in [3.63, 3.8) is 0 Å². The summed E-state index contributed by atoms with van der Waals surface area (Å²) in [6, 6.07) is 6.91. The number of rotatable bonds is 5. The number of aromatic nitrogens is 5. The maximum Gasteiger partial charge on any atom is 0.292 e. The van der Waals surface area contributed by atoms with Crippen molar-refractivity contribution in [2.24, 2.45) is 5.92 Å². The topological polar surface area (TPSA) is 68.8 Å². The maximum absolute atomic E-state index is 12.9. The molecule has 3 aromatic rings. The molecule has 1 aliphatic heterocycles. The Hall–Kier alpha value is -2.38. The van der Waals surface area contributed by atoms with Gasteiger partial charge in [0.2, 0.25) is 0 Å². The van der Waals surface area contributed by atoms with Gasteiger partial charge in [-0.05, 0) is 43.0 Å². The fraction of sp³-hybridized carbons (Fsp3) is 0.400. The standard InChI is InChI=1S/C20H22Cl2N6O/c1-13(2)11-26-12-23-25-19(26)16-4-3-9-27(16)17-10-24-28(20(29)18(17)22)15-7-5-14(21)6-8-15/h5-8,10,12-13,16H,3-4,9,11H2,1-2H3. The van der Waals surface area contributed by atoms with Gasteiger partial charge in [0.25, 0.3) is 5.56 Å². The van der Waals surface area contributed by atoms with Gasteiger partial charge in [-0.3, -0.25) is 4.79 Å². The van der Waals surface area contributed by atoms with Crippen molar-refractivity contribution in [1.82, 2.24) is 24.5 Å². The van der Waals surface area contributed by atoms with E-state index in [1.165, 1.54) is 4.68 Å². The van der Waals surface area contributed by atoms with Gasteiger partial charge in [-0.2, -0.15) is 9.78 Å². The number of hydrogen-bond acceptors (Lipinski definition) is 5. The minimum Gasteiger partial charge on any atom is -0.359 e. The summed E-state index contributed by atoms with van der Waals surface area (Å²) in [6.45, 7) is 5.95. The van der Waals surface area contributed by atoms with E-state index in [1.807, 2.05) is 0 Å². The van der Waals surface area contributed by atoms with Crippen molar-refractivity contribution in [3.05, 3.63) is 63.0 Å². The highest BCUT2D eigenvalue weighted by Gasteiger charge is 2.32. The van der Waals surface area contributed by atoms with Crippen molar-refractivity contribution in [2.45, 2.75) is 39.3 Å².